The highest BCUT2D eigenvalue weighted by molar-refractivity contribution is 7.92. The molecule has 1 unspecified atom stereocenters. The van der Waals surface area contributed by atoms with E-state index >= 15 is 0 Å². The minimum absolute atomic E-state index is 0.169. The lowest BCUT2D eigenvalue weighted by atomic mass is 10.2. The fraction of sp³-hybridized carbons (Fsp3) is 0.533. The maximum absolute atomic E-state index is 12.0. The van der Waals surface area contributed by atoms with Crippen molar-refractivity contribution in [3.8, 4) is 0 Å². The predicted molar refractivity (Wildman–Crippen MR) is 82.1 cm³/mol. The highest BCUT2D eigenvalue weighted by Crippen LogP contribution is 2.16. The van der Waals surface area contributed by atoms with E-state index in [-0.39, 0.29) is 10.8 Å². The topological polar surface area (TPSA) is 75.3 Å². The van der Waals surface area contributed by atoms with Crippen molar-refractivity contribution in [3.05, 3.63) is 29.8 Å². The third kappa shape index (κ3) is 3.83. The molecule has 1 fully saturated rings. The van der Waals surface area contributed by atoms with E-state index in [9.17, 15) is 13.2 Å². The highest BCUT2D eigenvalue weighted by Gasteiger charge is 2.20. The summed E-state index contributed by atoms with van der Waals surface area (Å²) in [5, 5.41) is 5.71. The van der Waals surface area contributed by atoms with Gasteiger partial charge in [-0.15, -0.1) is 0 Å². The molecule has 1 aromatic carbocycles. The zero-order valence-electron chi connectivity index (χ0n) is 12.4. The lowest BCUT2D eigenvalue weighted by Crippen LogP contribution is -2.37. The van der Waals surface area contributed by atoms with Gasteiger partial charge in [-0.05, 0) is 57.5 Å². The summed E-state index contributed by atoms with van der Waals surface area (Å²) in [5.74, 6) is -0.169. The number of benzene rings is 1. The van der Waals surface area contributed by atoms with Crippen molar-refractivity contribution < 1.29 is 13.2 Å². The average molecular weight is 310 g/mol. The van der Waals surface area contributed by atoms with E-state index in [0.29, 0.717) is 18.2 Å². The van der Waals surface area contributed by atoms with E-state index in [0.717, 1.165) is 19.4 Å². The van der Waals surface area contributed by atoms with Crippen LogP contribution in [-0.2, 0) is 9.84 Å². The second-order valence-corrected chi connectivity index (χ2v) is 8.13. The molecule has 0 saturated carbocycles. The van der Waals surface area contributed by atoms with E-state index < -0.39 is 15.1 Å². The van der Waals surface area contributed by atoms with Gasteiger partial charge < -0.3 is 10.6 Å². The molecule has 1 aliphatic rings. The first-order chi connectivity index (χ1) is 9.91. The summed E-state index contributed by atoms with van der Waals surface area (Å²) in [6, 6.07) is 6.46. The number of hydrogen-bond acceptors (Lipinski definition) is 4. The third-order valence-corrected chi connectivity index (χ3v) is 5.91. The van der Waals surface area contributed by atoms with Gasteiger partial charge in [0.2, 0.25) is 0 Å². The maximum atomic E-state index is 12.0. The fourth-order valence-electron chi connectivity index (χ4n) is 2.32. The first kappa shape index (κ1) is 16.0. The van der Waals surface area contributed by atoms with Crippen LogP contribution in [0.5, 0.6) is 0 Å². The number of carbonyl (C=O) groups excluding carboxylic acids is 1. The summed E-state index contributed by atoms with van der Waals surface area (Å²) in [7, 11) is -3.29. The van der Waals surface area contributed by atoms with Crippen LogP contribution in [0.2, 0.25) is 0 Å². The molecule has 2 rings (SSSR count). The van der Waals surface area contributed by atoms with Crippen molar-refractivity contribution in [2.24, 2.45) is 0 Å². The van der Waals surface area contributed by atoms with Gasteiger partial charge in [0.25, 0.3) is 5.91 Å². The van der Waals surface area contributed by atoms with Crippen molar-refractivity contribution in [1.29, 1.82) is 0 Å². The van der Waals surface area contributed by atoms with Crippen molar-refractivity contribution in [2.45, 2.75) is 42.9 Å². The minimum atomic E-state index is -3.29. The Bertz CT molecular complexity index is 588. The van der Waals surface area contributed by atoms with Crippen LogP contribution in [-0.4, -0.2) is 38.7 Å². The van der Waals surface area contributed by atoms with E-state index in [4.69, 9.17) is 0 Å². The monoisotopic (exact) mass is 310 g/mol. The quantitative estimate of drug-likeness (QED) is 0.861. The van der Waals surface area contributed by atoms with E-state index in [1.807, 2.05) is 0 Å². The van der Waals surface area contributed by atoms with Crippen LogP contribution in [0.25, 0.3) is 0 Å². The van der Waals surface area contributed by atoms with Gasteiger partial charge in [0.15, 0.2) is 9.84 Å². The Morgan fingerprint density at radius 3 is 2.52 bits per heavy atom. The SMILES string of the molecule is CC(C)S(=O)(=O)c1ccc(C(=O)NCC2CCCN2)cc1. The van der Waals surface area contributed by atoms with Crippen LogP contribution >= 0.6 is 0 Å². The Hall–Kier alpha value is -1.40. The first-order valence-corrected chi connectivity index (χ1v) is 8.81. The number of rotatable bonds is 5. The number of nitrogens with one attached hydrogen (secondary N) is 2. The van der Waals surface area contributed by atoms with Crippen molar-refractivity contribution in [1.82, 2.24) is 10.6 Å². The van der Waals surface area contributed by atoms with Crippen molar-refractivity contribution in [3.63, 3.8) is 0 Å². The van der Waals surface area contributed by atoms with Crippen molar-refractivity contribution >= 4 is 15.7 Å². The minimum Gasteiger partial charge on any atom is -0.350 e. The number of sulfone groups is 1. The Morgan fingerprint density at radius 1 is 1.33 bits per heavy atom. The normalized spacial score (nSPS) is 18.9. The van der Waals surface area contributed by atoms with Crippen LogP contribution in [0.3, 0.4) is 0 Å². The molecular weight excluding hydrogens is 288 g/mol. The molecule has 0 aromatic heterocycles. The Morgan fingerprint density at radius 2 is 2.00 bits per heavy atom. The molecule has 5 nitrogen and oxygen atoms in total. The molecule has 2 N–H and O–H groups in total. The molecule has 6 heteroatoms. The molecule has 0 bridgehead atoms. The van der Waals surface area contributed by atoms with Gasteiger partial charge in [0, 0.05) is 18.2 Å². The van der Waals surface area contributed by atoms with Crippen molar-refractivity contribution in [2.75, 3.05) is 13.1 Å². The predicted octanol–water partition coefficient (Wildman–Crippen LogP) is 1.35. The molecule has 1 heterocycles. The molecule has 1 amide bonds. The third-order valence-electron chi connectivity index (χ3n) is 3.74. The lowest BCUT2D eigenvalue weighted by molar-refractivity contribution is 0.0950. The zero-order chi connectivity index (χ0) is 15.5. The molecule has 0 spiro atoms. The fourth-order valence-corrected chi connectivity index (χ4v) is 3.38. The molecule has 116 valence electrons. The molecule has 1 atom stereocenters. The summed E-state index contributed by atoms with van der Waals surface area (Å²) < 4.78 is 24.0. The summed E-state index contributed by atoms with van der Waals surface area (Å²) in [6.45, 7) is 4.89. The lowest BCUT2D eigenvalue weighted by Gasteiger charge is -2.12. The molecule has 1 saturated heterocycles. The zero-order valence-corrected chi connectivity index (χ0v) is 13.2. The Labute approximate surface area is 126 Å². The molecule has 1 aromatic rings. The number of amides is 1. The molecule has 0 radical (unpaired) electrons. The van der Waals surface area contributed by atoms with Crippen LogP contribution < -0.4 is 10.6 Å². The Balaban J connectivity index is 1.99. The van der Waals surface area contributed by atoms with Gasteiger partial charge in [-0.2, -0.15) is 0 Å². The van der Waals surface area contributed by atoms with Gasteiger partial charge in [0.1, 0.15) is 0 Å². The summed E-state index contributed by atoms with van der Waals surface area (Å²) in [5.41, 5.74) is 0.482. The largest absolute Gasteiger partial charge is 0.350 e. The highest BCUT2D eigenvalue weighted by atomic mass is 32.2. The van der Waals surface area contributed by atoms with E-state index in [2.05, 4.69) is 10.6 Å². The van der Waals surface area contributed by atoms with Gasteiger partial charge >= 0.3 is 0 Å². The van der Waals surface area contributed by atoms with E-state index in [1.165, 1.54) is 12.1 Å². The van der Waals surface area contributed by atoms with Gasteiger partial charge in [-0.25, -0.2) is 8.42 Å². The van der Waals surface area contributed by atoms with Gasteiger partial charge in [-0.3, -0.25) is 4.79 Å². The standard InChI is InChI=1S/C15H22N2O3S/c1-11(2)21(19,20)14-7-5-12(6-8-14)15(18)17-10-13-4-3-9-16-13/h5-8,11,13,16H,3-4,9-10H2,1-2H3,(H,17,18). The molecular formula is C15H22N2O3S. The molecule has 0 aliphatic carbocycles. The second kappa shape index (κ2) is 6.58. The molecule has 21 heavy (non-hydrogen) atoms. The number of carbonyl (C=O) groups is 1. The first-order valence-electron chi connectivity index (χ1n) is 7.27. The molecule has 1 aliphatic heterocycles. The van der Waals surface area contributed by atoms with Crippen LogP contribution in [0.15, 0.2) is 29.2 Å². The van der Waals surface area contributed by atoms with Crippen LogP contribution in [0.4, 0.5) is 0 Å². The Kier molecular flexibility index (Phi) is 5.00. The van der Waals surface area contributed by atoms with E-state index in [1.54, 1.807) is 26.0 Å². The van der Waals surface area contributed by atoms with Gasteiger partial charge in [0.05, 0.1) is 10.1 Å². The van der Waals surface area contributed by atoms with Gasteiger partial charge in [-0.1, -0.05) is 0 Å². The smallest absolute Gasteiger partial charge is 0.251 e. The average Bonchev–Trinajstić information content (AvgIpc) is 2.98. The maximum Gasteiger partial charge on any atom is 0.251 e. The van der Waals surface area contributed by atoms with Crippen LogP contribution in [0, 0.1) is 0 Å². The summed E-state index contributed by atoms with van der Waals surface area (Å²) in [6.07, 6.45) is 2.22. The number of hydrogen-bond donors (Lipinski definition) is 2. The van der Waals surface area contributed by atoms with Crippen LogP contribution in [0.1, 0.15) is 37.0 Å². The summed E-state index contributed by atoms with van der Waals surface area (Å²) >= 11 is 0. The second-order valence-electron chi connectivity index (χ2n) is 5.62. The summed E-state index contributed by atoms with van der Waals surface area (Å²) in [4.78, 5) is 12.3.